The second kappa shape index (κ2) is 2.80. The molecule has 0 heteroatoms. The molecule has 0 bridgehead atoms. The fraction of sp³-hybridized carbons (Fsp3) is 1.00. The average Bonchev–Trinajstić information content (AvgIpc) is 1.95. The Hall–Kier alpha value is 0. The van der Waals surface area contributed by atoms with Gasteiger partial charge in [0.1, 0.15) is 0 Å². The molecule has 1 aliphatic rings. The minimum atomic E-state index is 0.567. The predicted octanol–water partition coefficient (Wildman–Crippen LogP) is 3.71. The molecule has 0 aromatic heterocycles. The molecule has 0 spiro atoms. The molecule has 0 aliphatic heterocycles. The Labute approximate surface area is 71.4 Å². The fourth-order valence-corrected chi connectivity index (χ4v) is 2.32. The maximum atomic E-state index is 2.43. The zero-order valence-electron chi connectivity index (χ0n) is 8.65. The largest absolute Gasteiger partial charge is 0.0622 e. The summed E-state index contributed by atoms with van der Waals surface area (Å²) in [7, 11) is 0. The van der Waals surface area contributed by atoms with E-state index in [2.05, 4.69) is 34.6 Å². The van der Waals surface area contributed by atoms with Crippen LogP contribution in [0.15, 0.2) is 0 Å². The molecule has 1 rings (SSSR count). The van der Waals surface area contributed by atoms with Crippen molar-refractivity contribution in [1.82, 2.24) is 0 Å². The van der Waals surface area contributed by atoms with E-state index in [4.69, 9.17) is 0 Å². The molecule has 0 amide bonds. The maximum absolute atomic E-state index is 2.43. The van der Waals surface area contributed by atoms with Gasteiger partial charge in [0, 0.05) is 0 Å². The standard InChI is InChI=1S/C11H22/c1-8-6-7-9(2)11(4,5)10(8)3/h8-10H,6-7H2,1-5H3/t8?,9?,10-/m1/s1. The smallest absolute Gasteiger partial charge is 0.0300 e. The molecular formula is C11H22. The lowest BCUT2D eigenvalue weighted by atomic mass is 9.60. The SMILES string of the molecule is CC1CCC(C)C(C)(C)[C@@H]1C. The number of hydrogen-bond donors (Lipinski definition) is 0. The highest BCUT2D eigenvalue weighted by molar-refractivity contribution is 4.87. The zero-order chi connectivity index (χ0) is 8.65. The Kier molecular flexibility index (Phi) is 2.32. The summed E-state index contributed by atoms with van der Waals surface area (Å²) < 4.78 is 0. The van der Waals surface area contributed by atoms with E-state index in [0.29, 0.717) is 5.41 Å². The third-order valence-electron chi connectivity index (χ3n) is 4.35. The third kappa shape index (κ3) is 1.45. The number of rotatable bonds is 0. The van der Waals surface area contributed by atoms with E-state index >= 15 is 0 Å². The Bertz CT molecular complexity index is 135. The molecule has 11 heavy (non-hydrogen) atoms. The Morgan fingerprint density at radius 3 is 2.00 bits per heavy atom. The average molecular weight is 154 g/mol. The summed E-state index contributed by atoms with van der Waals surface area (Å²) >= 11 is 0. The molecule has 1 aliphatic carbocycles. The van der Waals surface area contributed by atoms with Crippen LogP contribution in [0.4, 0.5) is 0 Å². The molecule has 1 saturated carbocycles. The second-order valence-corrected chi connectivity index (χ2v) is 5.07. The molecule has 0 heterocycles. The van der Waals surface area contributed by atoms with Gasteiger partial charge in [-0.1, -0.05) is 41.0 Å². The van der Waals surface area contributed by atoms with Gasteiger partial charge in [-0.3, -0.25) is 0 Å². The third-order valence-corrected chi connectivity index (χ3v) is 4.35. The van der Waals surface area contributed by atoms with Gasteiger partial charge in [0.25, 0.3) is 0 Å². The first kappa shape index (κ1) is 9.09. The highest BCUT2D eigenvalue weighted by Crippen LogP contribution is 2.46. The lowest BCUT2D eigenvalue weighted by Crippen LogP contribution is -2.37. The van der Waals surface area contributed by atoms with Crippen molar-refractivity contribution in [2.75, 3.05) is 0 Å². The van der Waals surface area contributed by atoms with E-state index in [1.807, 2.05) is 0 Å². The summed E-state index contributed by atoms with van der Waals surface area (Å²) in [5, 5.41) is 0. The van der Waals surface area contributed by atoms with Gasteiger partial charge in [0.05, 0.1) is 0 Å². The molecule has 0 nitrogen and oxygen atoms in total. The molecule has 3 atom stereocenters. The summed E-state index contributed by atoms with van der Waals surface area (Å²) in [6, 6.07) is 0. The lowest BCUT2D eigenvalue weighted by Gasteiger charge is -2.45. The van der Waals surface area contributed by atoms with E-state index in [1.165, 1.54) is 12.8 Å². The highest BCUT2D eigenvalue weighted by atomic mass is 14.4. The Morgan fingerprint density at radius 2 is 1.55 bits per heavy atom. The van der Waals surface area contributed by atoms with E-state index in [1.54, 1.807) is 0 Å². The first-order valence-corrected chi connectivity index (χ1v) is 4.96. The monoisotopic (exact) mass is 154 g/mol. The van der Waals surface area contributed by atoms with Crippen molar-refractivity contribution < 1.29 is 0 Å². The molecule has 0 saturated heterocycles. The van der Waals surface area contributed by atoms with Gasteiger partial charge < -0.3 is 0 Å². The second-order valence-electron chi connectivity index (χ2n) is 5.07. The van der Waals surface area contributed by atoms with E-state index in [-0.39, 0.29) is 0 Å². The summed E-state index contributed by atoms with van der Waals surface area (Å²) in [5.41, 5.74) is 0.567. The van der Waals surface area contributed by atoms with Crippen LogP contribution in [0.2, 0.25) is 0 Å². The molecule has 0 N–H and O–H groups in total. The Morgan fingerprint density at radius 1 is 1.00 bits per heavy atom. The van der Waals surface area contributed by atoms with Crippen molar-refractivity contribution in [2.45, 2.75) is 47.5 Å². The maximum Gasteiger partial charge on any atom is -0.0300 e. The molecule has 1 fully saturated rings. The van der Waals surface area contributed by atoms with Gasteiger partial charge >= 0.3 is 0 Å². The topological polar surface area (TPSA) is 0 Å². The lowest BCUT2D eigenvalue weighted by molar-refractivity contribution is 0.0406. The van der Waals surface area contributed by atoms with Crippen molar-refractivity contribution >= 4 is 0 Å². The predicted molar refractivity (Wildman–Crippen MR) is 50.5 cm³/mol. The van der Waals surface area contributed by atoms with Crippen LogP contribution < -0.4 is 0 Å². The summed E-state index contributed by atoms with van der Waals surface area (Å²) in [6.07, 6.45) is 2.87. The summed E-state index contributed by atoms with van der Waals surface area (Å²) in [4.78, 5) is 0. The van der Waals surface area contributed by atoms with Gasteiger partial charge in [-0.2, -0.15) is 0 Å². The van der Waals surface area contributed by atoms with Crippen LogP contribution in [0.25, 0.3) is 0 Å². The fourth-order valence-electron chi connectivity index (χ4n) is 2.32. The van der Waals surface area contributed by atoms with Crippen molar-refractivity contribution in [2.24, 2.45) is 23.2 Å². The van der Waals surface area contributed by atoms with Gasteiger partial charge in [-0.25, -0.2) is 0 Å². The summed E-state index contributed by atoms with van der Waals surface area (Å²) in [6.45, 7) is 12.1. The van der Waals surface area contributed by atoms with E-state index < -0.39 is 0 Å². The molecule has 2 unspecified atom stereocenters. The zero-order valence-corrected chi connectivity index (χ0v) is 8.65. The van der Waals surface area contributed by atoms with E-state index in [9.17, 15) is 0 Å². The van der Waals surface area contributed by atoms with Crippen LogP contribution in [0.1, 0.15) is 47.5 Å². The molecule has 0 radical (unpaired) electrons. The molecule has 0 aromatic rings. The van der Waals surface area contributed by atoms with Gasteiger partial charge in [-0.15, -0.1) is 0 Å². The van der Waals surface area contributed by atoms with Crippen LogP contribution in [-0.4, -0.2) is 0 Å². The minimum Gasteiger partial charge on any atom is -0.0622 e. The normalized spacial score (nSPS) is 43.9. The van der Waals surface area contributed by atoms with Crippen LogP contribution in [0.3, 0.4) is 0 Å². The van der Waals surface area contributed by atoms with Crippen LogP contribution in [0.5, 0.6) is 0 Å². The molecule has 0 aromatic carbocycles. The van der Waals surface area contributed by atoms with Crippen molar-refractivity contribution in [3.63, 3.8) is 0 Å². The van der Waals surface area contributed by atoms with Crippen molar-refractivity contribution in [3.05, 3.63) is 0 Å². The first-order chi connectivity index (χ1) is 4.96. The van der Waals surface area contributed by atoms with Crippen molar-refractivity contribution in [3.8, 4) is 0 Å². The van der Waals surface area contributed by atoms with E-state index in [0.717, 1.165) is 17.8 Å². The van der Waals surface area contributed by atoms with Crippen molar-refractivity contribution in [1.29, 1.82) is 0 Å². The molecular weight excluding hydrogens is 132 g/mol. The minimum absolute atomic E-state index is 0.567. The first-order valence-electron chi connectivity index (χ1n) is 4.96. The Balaban J connectivity index is 2.72. The quantitative estimate of drug-likeness (QED) is 0.499. The number of hydrogen-bond acceptors (Lipinski definition) is 0. The summed E-state index contributed by atoms with van der Waals surface area (Å²) in [5.74, 6) is 2.74. The highest BCUT2D eigenvalue weighted by Gasteiger charge is 2.38. The van der Waals surface area contributed by atoms with Crippen LogP contribution in [0, 0.1) is 23.2 Å². The van der Waals surface area contributed by atoms with Gasteiger partial charge in [-0.05, 0) is 29.6 Å². The van der Waals surface area contributed by atoms with Crippen LogP contribution in [-0.2, 0) is 0 Å². The van der Waals surface area contributed by atoms with Crippen LogP contribution >= 0.6 is 0 Å². The van der Waals surface area contributed by atoms with Gasteiger partial charge in [0.15, 0.2) is 0 Å². The molecule has 66 valence electrons. The van der Waals surface area contributed by atoms with Gasteiger partial charge in [0.2, 0.25) is 0 Å².